The summed E-state index contributed by atoms with van der Waals surface area (Å²) in [7, 11) is 0. The van der Waals surface area contributed by atoms with E-state index in [0.717, 1.165) is 52.1 Å². The van der Waals surface area contributed by atoms with E-state index in [0.29, 0.717) is 0 Å². The number of nitrogens with one attached hydrogen (secondary N) is 1. The Morgan fingerprint density at radius 2 is 2.04 bits per heavy atom. The summed E-state index contributed by atoms with van der Waals surface area (Å²) in [4.78, 5) is 14.4. The van der Waals surface area contributed by atoms with Crippen LogP contribution in [0.5, 0.6) is 0 Å². The first-order valence-corrected chi connectivity index (χ1v) is 9.29. The Hall–Kier alpha value is -1.59. The predicted octanol–water partition coefficient (Wildman–Crippen LogP) is 2.90. The van der Waals surface area contributed by atoms with Crippen LogP contribution in [-0.4, -0.2) is 48.9 Å². The van der Waals surface area contributed by atoms with Crippen molar-refractivity contribution < 1.29 is 14.3 Å². The van der Waals surface area contributed by atoms with Crippen LogP contribution in [0.2, 0.25) is 0 Å². The number of morpholine rings is 1. The smallest absolute Gasteiger partial charge is 0.407 e. The van der Waals surface area contributed by atoms with Gasteiger partial charge in [-0.25, -0.2) is 4.79 Å². The van der Waals surface area contributed by atoms with Gasteiger partial charge < -0.3 is 14.8 Å². The van der Waals surface area contributed by atoms with E-state index in [2.05, 4.69) is 28.4 Å². The second-order valence-corrected chi connectivity index (χ2v) is 8.08. The number of carbonyl (C=O) groups excluding carboxylic acids is 1. The lowest BCUT2D eigenvalue weighted by atomic mass is 9.87. The quantitative estimate of drug-likeness (QED) is 0.914. The third-order valence-corrected chi connectivity index (χ3v) is 4.73. The summed E-state index contributed by atoms with van der Waals surface area (Å²) in [5.74, 6) is 0. The first kappa shape index (κ1) is 18.2. The number of amides is 1. The molecule has 0 radical (unpaired) electrons. The van der Waals surface area contributed by atoms with E-state index >= 15 is 0 Å². The highest BCUT2D eigenvalue weighted by Crippen LogP contribution is 2.24. The van der Waals surface area contributed by atoms with Crippen molar-refractivity contribution >= 4 is 6.09 Å². The molecule has 1 saturated heterocycles. The van der Waals surface area contributed by atoms with Gasteiger partial charge in [0.25, 0.3) is 0 Å². The van der Waals surface area contributed by atoms with Crippen LogP contribution in [0.1, 0.15) is 43.9 Å². The number of hydrogen-bond donors (Lipinski definition) is 1. The van der Waals surface area contributed by atoms with Crippen molar-refractivity contribution in [3.63, 3.8) is 0 Å². The zero-order valence-electron chi connectivity index (χ0n) is 15.6. The third kappa shape index (κ3) is 5.44. The summed E-state index contributed by atoms with van der Waals surface area (Å²) in [5, 5.41) is 3.01. The summed E-state index contributed by atoms with van der Waals surface area (Å²) >= 11 is 0. The molecule has 0 aromatic heterocycles. The van der Waals surface area contributed by atoms with Gasteiger partial charge in [0.1, 0.15) is 5.60 Å². The van der Waals surface area contributed by atoms with Crippen molar-refractivity contribution in [3.05, 3.63) is 34.9 Å². The van der Waals surface area contributed by atoms with Gasteiger partial charge in [0, 0.05) is 25.7 Å². The van der Waals surface area contributed by atoms with Crippen molar-refractivity contribution in [2.24, 2.45) is 0 Å². The van der Waals surface area contributed by atoms with Gasteiger partial charge in [-0.05, 0) is 56.7 Å². The molecular formula is C20H30N2O3. The molecule has 1 aliphatic carbocycles. The maximum Gasteiger partial charge on any atom is 0.407 e. The molecule has 1 aliphatic heterocycles. The molecule has 5 heteroatoms. The summed E-state index contributed by atoms with van der Waals surface area (Å²) in [6.07, 6.45) is 2.54. The second kappa shape index (κ2) is 7.75. The Morgan fingerprint density at radius 1 is 1.28 bits per heavy atom. The summed E-state index contributed by atoms with van der Waals surface area (Å²) in [6, 6.07) is 6.96. The SMILES string of the molecule is CC(C)(C)OC(=O)NC1CCc2cc(CN3CCOCC3)ccc2C1. The van der Waals surface area contributed by atoms with Gasteiger partial charge in [-0.3, -0.25) is 4.90 Å². The van der Waals surface area contributed by atoms with Gasteiger partial charge in [0.05, 0.1) is 13.2 Å². The van der Waals surface area contributed by atoms with E-state index in [1.165, 1.54) is 16.7 Å². The van der Waals surface area contributed by atoms with E-state index in [4.69, 9.17) is 9.47 Å². The number of nitrogens with zero attached hydrogens (tertiary/aromatic N) is 1. The molecule has 0 saturated carbocycles. The predicted molar refractivity (Wildman–Crippen MR) is 97.7 cm³/mol. The first-order chi connectivity index (χ1) is 11.9. The third-order valence-electron chi connectivity index (χ3n) is 4.73. The average molecular weight is 346 g/mol. The van der Waals surface area contributed by atoms with Gasteiger partial charge in [-0.15, -0.1) is 0 Å². The van der Waals surface area contributed by atoms with E-state index in [9.17, 15) is 4.79 Å². The molecule has 2 aliphatic rings. The van der Waals surface area contributed by atoms with Crippen molar-refractivity contribution in [2.75, 3.05) is 26.3 Å². The number of ether oxygens (including phenoxy) is 2. The fraction of sp³-hybridized carbons (Fsp3) is 0.650. The van der Waals surface area contributed by atoms with Crippen LogP contribution in [0.4, 0.5) is 4.79 Å². The minimum Gasteiger partial charge on any atom is -0.444 e. The molecule has 0 bridgehead atoms. The van der Waals surface area contributed by atoms with Gasteiger partial charge in [-0.2, -0.15) is 0 Å². The number of alkyl carbamates (subject to hydrolysis) is 1. The average Bonchev–Trinajstić information content (AvgIpc) is 2.54. The van der Waals surface area contributed by atoms with Crippen LogP contribution in [0, 0.1) is 0 Å². The highest BCUT2D eigenvalue weighted by Gasteiger charge is 2.23. The number of aryl methyl sites for hydroxylation is 1. The fourth-order valence-electron chi connectivity index (χ4n) is 3.52. The van der Waals surface area contributed by atoms with Crippen LogP contribution in [-0.2, 0) is 28.9 Å². The molecule has 3 rings (SSSR count). The van der Waals surface area contributed by atoms with Crippen LogP contribution >= 0.6 is 0 Å². The standard InChI is InChI=1S/C20H30N2O3/c1-20(2,3)25-19(23)21-18-7-6-16-12-15(4-5-17(16)13-18)14-22-8-10-24-11-9-22/h4-5,12,18H,6-11,13-14H2,1-3H3,(H,21,23). The van der Waals surface area contributed by atoms with Crippen LogP contribution in [0.15, 0.2) is 18.2 Å². The highest BCUT2D eigenvalue weighted by atomic mass is 16.6. The Balaban J connectivity index is 1.56. The first-order valence-electron chi connectivity index (χ1n) is 9.29. The number of rotatable bonds is 3. The molecule has 5 nitrogen and oxygen atoms in total. The van der Waals surface area contributed by atoms with Crippen LogP contribution in [0.25, 0.3) is 0 Å². The lowest BCUT2D eigenvalue weighted by Gasteiger charge is -2.29. The monoisotopic (exact) mass is 346 g/mol. The zero-order chi connectivity index (χ0) is 17.9. The number of fused-ring (bicyclic) bond motifs is 1. The van der Waals surface area contributed by atoms with E-state index in [1.54, 1.807) is 0 Å². The molecule has 1 N–H and O–H groups in total. The van der Waals surface area contributed by atoms with Crippen molar-refractivity contribution in [1.82, 2.24) is 10.2 Å². The Morgan fingerprint density at radius 3 is 2.76 bits per heavy atom. The summed E-state index contributed by atoms with van der Waals surface area (Å²) in [5.41, 5.74) is 3.69. The van der Waals surface area contributed by atoms with E-state index in [-0.39, 0.29) is 12.1 Å². The molecule has 1 fully saturated rings. The van der Waals surface area contributed by atoms with E-state index < -0.39 is 5.60 Å². The Labute approximate surface area is 150 Å². The minimum atomic E-state index is -0.453. The second-order valence-electron chi connectivity index (χ2n) is 8.08. The zero-order valence-corrected chi connectivity index (χ0v) is 15.6. The van der Waals surface area contributed by atoms with Crippen molar-refractivity contribution in [1.29, 1.82) is 0 Å². The van der Waals surface area contributed by atoms with Gasteiger partial charge in [0.15, 0.2) is 0 Å². The maximum absolute atomic E-state index is 12.0. The van der Waals surface area contributed by atoms with E-state index in [1.807, 2.05) is 20.8 Å². The van der Waals surface area contributed by atoms with Crippen LogP contribution < -0.4 is 5.32 Å². The maximum atomic E-state index is 12.0. The molecule has 138 valence electrons. The Kier molecular flexibility index (Phi) is 5.64. The van der Waals surface area contributed by atoms with Crippen LogP contribution in [0.3, 0.4) is 0 Å². The molecule has 1 atom stereocenters. The van der Waals surface area contributed by atoms with Crippen molar-refractivity contribution in [2.45, 2.75) is 58.2 Å². The number of hydrogen-bond acceptors (Lipinski definition) is 4. The number of benzene rings is 1. The van der Waals surface area contributed by atoms with Gasteiger partial charge in [-0.1, -0.05) is 18.2 Å². The lowest BCUT2D eigenvalue weighted by molar-refractivity contribution is 0.0341. The normalized spacial score (nSPS) is 21.5. The molecule has 1 aromatic rings. The summed E-state index contributed by atoms with van der Waals surface area (Å²) in [6.45, 7) is 10.4. The van der Waals surface area contributed by atoms with Crippen molar-refractivity contribution in [3.8, 4) is 0 Å². The number of carbonyl (C=O) groups is 1. The largest absolute Gasteiger partial charge is 0.444 e. The minimum absolute atomic E-state index is 0.160. The Bertz CT molecular complexity index is 603. The lowest BCUT2D eigenvalue weighted by Crippen LogP contribution is -2.41. The molecule has 0 spiro atoms. The molecule has 25 heavy (non-hydrogen) atoms. The molecule has 1 heterocycles. The molecule has 1 amide bonds. The van der Waals surface area contributed by atoms with Gasteiger partial charge >= 0.3 is 6.09 Å². The molecule has 1 aromatic carbocycles. The van der Waals surface area contributed by atoms with Gasteiger partial charge in [0.2, 0.25) is 0 Å². The topological polar surface area (TPSA) is 50.8 Å². The summed E-state index contributed by atoms with van der Waals surface area (Å²) < 4.78 is 10.8. The molecular weight excluding hydrogens is 316 g/mol. The molecule has 1 unspecified atom stereocenters. The highest BCUT2D eigenvalue weighted by molar-refractivity contribution is 5.68. The fourth-order valence-corrected chi connectivity index (χ4v) is 3.52.